The molecule has 35 heavy (non-hydrogen) atoms. The number of hydrogen-bond acceptors (Lipinski definition) is 3. The van der Waals surface area contributed by atoms with Crippen molar-refractivity contribution in [1.29, 1.82) is 0 Å². The Kier molecular flexibility index (Phi) is 8.01. The quantitative estimate of drug-likeness (QED) is 0.275. The zero-order valence-electron chi connectivity index (χ0n) is 19.9. The molecule has 0 atom stereocenters. The highest BCUT2D eigenvalue weighted by molar-refractivity contribution is 7.99. The maximum absolute atomic E-state index is 13.2. The number of benzene rings is 4. The van der Waals surface area contributed by atoms with Crippen molar-refractivity contribution >= 4 is 35.0 Å². The van der Waals surface area contributed by atoms with Gasteiger partial charge in [0.15, 0.2) is 0 Å². The number of aryl methyl sites for hydroxylation is 2. The molecule has 0 unspecified atom stereocenters. The van der Waals surface area contributed by atoms with Crippen LogP contribution in [0.3, 0.4) is 0 Å². The highest BCUT2D eigenvalue weighted by atomic mass is 32.2. The zero-order chi connectivity index (χ0) is 24.6. The molecule has 4 rings (SSSR count). The van der Waals surface area contributed by atoms with Crippen molar-refractivity contribution in [1.82, 2.24) is 0 Å². The Morgan fingerprint density at radius 3 is 1.37 bits per heavy atom. The molecule has 0 fully saturated rings. The molecular formula is C30H28N2O2S. The minimum Gasteiger partial charge on any atom is -0.322 e. The fourth-order valence-electron chi connectivity index (χ4n) is 3.89. The molecule has 0 radical (unpaired) electrons. The molecule has 0 aliphatic heterocycles. The van der Waals surface area contributed by atoms with E-state index in [-0.39, 0.29) is 11.8 Å². The molecule has 2 amide bonds. The van der Waals surface area contributed by atoms with Crippen LogP contribution in [0.15, 0.2) is 107 Å². The Morgan fingerprint density at radius 2 is 0.943 bits per heavy atom. The molecule has 4 aromatic carbocycles. The summed E-state index contributed by atoms with van der Waals surface area (Å²) in [6.07, 6.45) is 1.66. The summed E-state index contributed by atoms with van der Waals surface area (Å²) < 4.78 is 0. The van der Waals surface area contributed by atoms with Gasteiger partial charge >= 0.3 is 0 Å². The van der Waals surface area contributed by atoms with Crippen LogP contribution >= 0.6 is 11.8 Å². The van der Waals surface area contributed by atoms with Gasteiger partial charge < -0.3 is 10.6 Å². The van der Waals surface area contributed by atoms with Crippen LogP contribution in [0, 0.1) is 0 Å². The highest BCUT2D eigenvalue weighted by Crippen LogP contribution is 2.34. The molecule has 0 aromatic heterocycles. The first-order valence-electron chi connectivity index (χ1n) is 11.7. The lowest BCUT2D eigenvalue weighted by Crippen LogP contribution is -2.15. The second-order valence-corrected chi connectivity index (χ2v) is 9.11. The number of nitrogens with one attached hydrogen (secondary N) is 2. The Bertz CT molecular complexity index is 1250. The number of carbonyl (C=O) groups excluding carboxylic acids is 2. The van der Waals surface area contributed by atoms with Gasteiger partial charge in [0, 0.05) is 21.2 Å². The van der Waals surface area contributed by atoms with Gasteiger partial charge in [-0.1, -0.05) is 86.3 Å². The summed E-state index contributed by atoms with van der Waals surface area (Å²) in [5.74, 6) is -0.347. The first kappa shape index (κ1) is 24.3. The van der Waals surface area contributed by atoms with Crippen molar-refractivity contribution in [2.24, 2.45) is 0 Å². The Hall–Kier alpha value is -3.83. The minimum atomic E-state index is -0.173. The van der Waals surface area contributed by atoms with E-state index in [1.807, 2.05) is 97.1 Å². The minimum absolute atomic E-state index is 0.173. The van der Waals surface area contributed by atoms with Gasteiger partial charge in [-0.25, -0.2) is 0 Å². The average Bonchev–Trinajstić information content (AvgIpc) is 2.90. The second-order valence-electron chi connectivity index (χ2n) is 8.02. The summed E-state index contributed by atoms with van der Waals surface area (Å²) in [6, 6.07) is 30.6. The smallest absolute Gasteiger partial charge is 0.256 e. The maximum atomic E-state index is 13.2. The van der Waals surface area contributed by atoms with Crippen LogP contribution in [0.5, 0.6) is 0 Å². The van der Waals surface area contributed by atoms with E-state index >= 15 is 0 Å². The van der Waals surface area contributed by atoms with E-state index < -0.39 is 0 Å². The van der Waals surface area contributed by atoms with E-state index in [0.717, 1.165) is 45.1 Å². The van der Waals surface area contributed by atoms with Crippen LogP contribution in [0.4, 0.5) is 11.4 Å². The molecule has 4 nitrogen and oxygen atoms in total. The lowest BCUT2D eigenvalue weighted by atomic mass is 10.1. The molecule has 5 heteroatoms. The topological polar surface area (TPSA) is 58.2 Å². The van der Waals surface area contributed by atoms with E-state index in [9.17, 15) is 9.59 Å². The van der Waals surface area contributed by atoms with Crippen molar-refractivity contribution in [3.8, 4) is 0 Å². The molecule has 176 valence electrons. The van der Waals surface area contributed by atoms with Crippen LogP contribution in [-0.4, -0.2) is 11.8 Å². The van der Waals surface area contributed by atoms with Crippen molar-refractivity contribution in [3.05, 3.63) is 119 Å². The van der Waals surface area contributed by atoms with E-state index in [1.54, 1.807) is 0 Å². The molecule has 2 N–H and O–H groups in total. The van der Waals surface area contributed by atoms with Gasteiger partial charge in [0.2, 0.25) is 0 Å². The Balaban J connectivity index is 1.59. The van der Waals surface area contributed by atoms with Crippen molar-refractivity contribution in [3.63, 3.8) is 0 Å². The van der Waals surface area contributed by atoms with Crippen molar-refractivity contribution in [2.75, 3.05) is 10.6 Å². The standard InChI is InChI=1S/C30H28N2O2S/c1-3-21-13-5-9-17-25(21)31-29(33)23-15-7-11-19-27(23)35-28-20-12-8-16-24(28)30(34)32-26-18-10-6-14-22(26)4-2/h5-20H,3-4H2,1-2H3,(H,31,33)(H,32,34). The normalized spacial score (nSPS) is 10.6. The number of anilines is 2. The average molecular weight is 481 g/mol. The molecule has 0 bridgehead atoms. The predicted octanol–water partition coefficient (Wildman–Crippen LogP) is 7.47. The SMILES string of the molecule is CCc1ccccc1NC(=O)c1ccccc1Sc1ccccc1C(=O)Nc1ccccc1CC. The molecular weight excluding hydrogens is 452 g/mol. The second kappa shape index (κ2) is 11.5. The van der Waals surface area contributed by atoms with Crippen LogP contribution in [0.25, 0.3) is 0 Å². The van der Waals surface area contributed by atoms with Gasteiger partial charge in [-0.3, -0.25) is 9.59 Å². The number of amides is 2. The van der Waals surface area contributed by atoms with E-state index in [0.29, 0.717) is 11.1 Å². The fourth-order valence-corrected chi connectivity index (χ4v) is 4.96. The van der Waals surface area contributed by atoms with Gasteiger partial charge in [-0.2, -0.15) is 0 Å². The van der Waals surface area contributed by atoms with Crippen LogP contribution < -0.4 is 10.6 Å². The first-order chi connectivity index (χ1) is 17.1. The lowest BCUT2D eigenvalue weighted by molar-refractivity contribution is 0.101. The number of rotatable bonds is 8. The van der Waals surface area contributed by atoms with Gasteiger partial charge in [0.1, 0.15) is 0 Å². The largest absolute Gasteiger partial charge is 0.322 e. The van der Waals surface area contributed by atoms with E-state index in [4.69, 9.17) is 0 Å². The lowest BCUT2D eigenvalue weighted by Gasteiger charge is -2.14. The van der Waals surface area contributed by atoms with Crippen LogP contribution in [-0.2, 0) is 12.8 Å². The number of hydrogen-bond donors (Lipinski definition) is 2. The van der Waals surface area contributed by atoms with Crippen molar-refractivity contribution < 1.29 is 9.59 Å². The Labute approximate surface area is 210 Å². The number of carbonyl (C=O) groups is 2. The van der Waals surface area contributed by atoms with E-state index in [1.165, 1.54) is 11.8 Å². The van der Waals surface area contributed by atoms with Crippen LogP contribution in [0.1, 0.15) is 45.7 Å². The Morgan fingerprint density at radius 1 is 0.571 bits per heavy atom. The third kappa shape index (κ3) is 5.81. The fraction of sp³-hybridized carbons (Fsp3) is 0.133. The highest BCUT2D eigenvalue weighted by Gasteiger charge is 2.17. The van der Waals surface area contributed by atoms with E-state index in [2.05, 4.69) is 24.5 Å². The molecule has 0 heterocycles. The summed E-state index contributed by atoms with van der Waals surface area (Å²) >= 11 is 1.42. The monoisotopic (exact) mass is 480 g/mol. The molecule has 0 spiro atoms. The molecule has 4 aromatic rings. The van der Waals surface area contributed by atoms with Gasteiger partial charge in [-0.05, 0) is 60.4 Å². The molecule has 0 saturated heterocycles. The van der Waals surface area contributed by atoms with Gasteiger partial charge in [-0.15, -0.1) is 0 Å². The summed E-state index contributed by atoms with van der Waals surface area (Å²) in [5, 5.41) is 6.11. The molecule has 0 aliphatic rings. The third-order valence-corrected chi connectivity index (χ3v) is 6.93. The predicted molar refractivity (Wildman–Crippen MR) is 145 cm³/mol. The van der Waals surface area contributed by atoms with Gasteiger partial charge in [0.05, 0.1) is 11.1 Å². The zero-order valence-corrected chi connectivity index (χ0v) is 20.7. The summed E-state index contributed by atoms with van der Waals surface area (Å²) in [5.41, 5.74) is 4.92. The number of para-hydroxylation sites is 2. The maximum Gasteiger partial charge on any atom is 0.256 e. The summed E-state index contributed by atoms with van der Waals surface area (Å²) in [7, 11) is 0. The third-order valence-electron chi connectivity index (χ3n) is 5.78. The van der Waals surface area contributed by atoms with Crippen LogP contribution in [0.2, 0.25) is 0 Å². The molecule has 0 aliphatic carbocycles. The van der Waals surface area contributed by atoms with Crippen molar-refractivity contribution in [2.45, 2.75) is 36.5 Å². The summed E-state index contributed by atoms with van der Waals surface area (Å²) in [4.78, 5) is 28.0. The molecule has 0 saturated carbocycles. The first-order valence-corrected chi connectivity index (χ1v) is 12.6. The summed E-state index contributed by atoms with van der Waals surface area (Å²) in [6.45, 7) is 4.13. The van der Waals surface area contributed by atoms with Gasteiger partial charge in [0.25, 0.3) is 11.8 Å².